The van der Waals surface area contributed by atoms with Gasteiger partial charge in [-0.15, -0.1) is 0 Å². The number of primary amides is 1. The molecule has 11 heavy (non-hydrogen) atoms. The van der Waals surface area contributed by atoms with Crippen LogP contribution in [0, 0.1) is 0 Å². The van der Waals surface area contributed by atoms with Gasteiger partial charge in [0, 0.05) is 0 Å². The molecule has 0 saturated carbocycles. The predicted octanol–water partition coefficient (Wildman–Crippen LogP) is 0.188. The molecule has 0 aromatic rings. The van der Waals surface area contributed by atoms with Crippen LogP contribution in [0.2, 0.25) is 0 Å². The zero-order valence-corrected chi connectivity index (χ0v) is 7.76. The third kappa shape index (κ3) is 4.78. The predicted molar refractivity (Wildman–Crippen MR) is 43.2 cm³/mol. The molecule has 0 heterocycles. The standard InChI is InChI=1S/C6H10BrNO3/c1-2-11-5(9)3-4(7)6(8)10/h4H,2-3H2,1H3,(H2,8,10). The fourth-order valence-corrected chi connectivity index (χ4v) is 0.731. The number of hydrogen-bond acceptors (Lipinski definition) is 3. The van der Waals surface area contributed by atoms with Gasteiger partial charge in [0.1, 0.15) is 4.83 Å². The summed E-state index contributed by atoms with van der Waals surface area (Å²) >= 11 is 2.94. The number of amides is 1. The molecule has 0 aromatic heterocycles. The van der Waals surface area contributed by atoms with E-state index in [4.69, 9.17) is 5.73 Å². The molecule has 0 fully saturated rings. The molecule has 0 saturated heterocycles. The van der Waals surface area contributed by atoms with Gasteiger partial charge in [-0.1, -0.05) is 15.9 Å². The van der Waals surface area contributed by atoms with Crippen LogP contribution < -0.4 is 5.73 Å². The van der Waals surface area contributed by atoms with Crippen molar-refractivity contribution in [2.45, 2.75) is 18.2 Å². The highest BCUT2D eigenvalue weighted by atomic mass is 79.9. The van der Waals surface area contributed by atoms with Crippen molar-refractivity contribution in [2.24, 2.45) is 5.73 Å². The first-order valence-corrected chi connectivity index (χ1v) is 4.08. The molecule has 5 heteroatoms. The molecule has 0 aliphatic rings. The Bertz CT molecular complexity index is 160. The molecule has 1 amide bonds. The highest BCUT2D eigenvalue weighted by Crippen LogP contribution is 2.04. The molecule has 64 valence electrons. The molecule has 0 bridgehead atoms. The Morgan fingerprint density at radius 1 is 1.64 bits per heavy atom. The Hall–Kier alpha value is -0.580. The normalized spacial score (nSPS) is 12.2. The van der Waals surface area contributed by atoms with Gasteiger partial charge in [-0.2, -0.15) is 0 Å². The van der Waals surface area contributed by atoms with Crippen LogP contribution in [-0.2, 0) is 14.3 Å². The van der Waals surface area contributed by atoms with Crippen LogP contribution in [0.4, 0.5) is 0 Å². The fraction of sp³-hybridized carbons (Fsp3) is 0.667. The van der Waals surface area contributed by atoms with E-state index >= 15 is 0 Å². The maximum atomic E-state index is 10.7. The summed E-state index contributed by atoms with van der Waals surface area (Å²) < 4.78 is 4.59. The number of ether oxygens (including phenoxy) is 1. The minimum atomic E-state index is -0.624. The molecule has 4 nitrogen and oxygen atoms in total. The number of alkyl halides is 1. The van der Waals surface area contributed by atoms with Crippen molar-refractivity contribution in [3.8, 4) is 0 Å². The van der Waals surface area contributed by atoms with Crippen LogP contribution in [0.3, 0.4) is 0 Å². The van der Waals surface area contributed by atoms with Crippen molar-refractivity contribution >= 4 is 27.8 Å². The molecule has 0 rings (SSSR count). The Kier molecular flexibility index (Phi) is 4.85. The minimum Gasteiger partial charge on any atom is -0.466 e. The van der Waals surface area contributed by atoms with E-state index in [1.54, 1.807) is 6.92 Å². The molecule has 0 aliphatic heterocycles. The Morgan fingerprint density at radius 2 is 2.18 bits per heavy atom. The van der Waals surface area contributed by atoms with Gasteiger partial charge in [0.25, 0.3) is 0 Å². The molecule has 2 N–H and O–H groups in total. The second-order valence-electron chi connectivity index (χ2n) is 1.88. The Morgan fingerprint density at radius 3 is 2.55 bits per heavy atom. The molecule has 0 aromatic carbocycles. The van der Waals surface area contributed by atoms with Gasteiger partial charge in [0.15, 0.2) is 0 Å². The number of rotatable bonds is 4. The Labute approximate surface area is 73.2 Å². The third-order valence-corrected chi connectivity index (χ3v) is 1.73. The van der Waals surface area contributed by atoms with E-state index in [0.717, 1.165) is 0 Å². The van der Waals surface area contributed by atoms with Crippen LogP contribution in [0.1, 0.15) is 13.3 Å². The van der Waals surface area contributed by atoms with Crippen LogP contribution >= 0.6 is 15.9 Å². The SMILES string of the molecule is CCOC(=O)CC(Br)C(N)=O. The number of hydrogen-bond donors (Lipinski definition) is 1. The quantitative estimate of drug-likeness (QED) is 0.547. The van der Waals surface area contributed by atoms with E-state index in [0.29, 0.717) is 6.61 Å². The fourth-order valence-electron chi connectivity index (χ4n) is 0.467. The minimum absolute atomic E-state index is 0.0107. The lowest BCUT2D eigenvalue weighted by Crippen LogP contribution is -2.26. The zero-order chi connectivity index (χ0) is 8.85. The van der Waals surface area contributed by atoms with Gasteiger partial charge < -0.3 is 10.5 Å². The summed E-state index contributed by atoms with van der Waals surface area (Å²) in [7, 11) is 0. The molecule has 0 radical (unpaired) electrons. The molecule has 0 spiro atoms. The van der Waals surface area contributed by atoms with Gasteiger partial charge in [-0.3, -0.25) is 9.59 Å². The largest absolute Gasteiger partial charge is 0.466 e. The van der Waals surface area contributed by atoms with Crippen molar-refractivity contribution in [1.29, 1.82) is 0 Å². The smallest absolute Gasteiger partial charge is 0.307 e. The van der Waals surface area contributed by atoms with E-state index in [9.17, 15) is 9.59 Å². The van der Waals surface area contributed by atoms with Crippen molar-refractivity contribution in [3.63, 3.8) is 0 Å². The summed E-state index contributed by atoms with van der Waals surface area (Å²) in [5.74, 6) is -0.980. The second-order valence-corrected chi connectivity index (χ2v) is 2.98. The lowest BCUT2D eigenvalue weighted by atomic mass is 10.3. The molecule has 1 unspecified atom stereocenters. The summed E-state index contributed by atoms with van der Waals surface area (Å²) in [5, 5.41) is 0. The number of nitrogens with two attached hydrogens (primary N) is 1. The average Bonchev–Trinajstić information content (AvgIpc) is 1.87. The van der Waals surface area contributed by atoms with E-state index in [1.165, 1.54) is 0 Å². The summed E-state index contributed by atoms with van der Waals surface area (Å²) in [5.41, 5.74) is 4.89. The van der Waals surface area contributed by atoms with Gasteiger partial charge >= 0.3 is 5.97 Å². The van der Waals surface area contributed by atoms with Gasteiger partial charge in [0.05, 0.1) is 13.0 Å². The van der Waals surface area contributed by atoms with Gasteiger partial charge in [0.2, 0.25) is 5.91 Å². The first-order valence-electron chi connectivity index (χ1n) is 3.17. The van der Waals surface area contributed by atoms with Crippen LogP contribution in [0.15, 0.2) is 0 Å². The van der Waals surface area contributed by atoms with E-state index in [1.807, 2.05) is 0 Å². The number of esters is 1. The average molecular weight is 224 g/mol. The summed E-state index contributed by atoms with van der Waals surface area (Å²) in [6, 6.07) is 0. The lowest BCUT2D eigenvalue weighted by Gasteiger charge is -2.03. The highest BCUT2D eigenvalue weighted by molar-refractivity contribution is 9.10. The van der Waals surface area contributed by atoms with Crippen LogP contribution in [0.25, 0.3) is 0 Å². The Balaban J connectivity index is 3.66. The zero-order valence-electron chi connectivity index (χ0n) is 6.17. The van der Waals surface area contributed by atoms with Crippen molar-refractivity contribution < 1.29 is 14.3 Å². The summed E-state index contributed by atoms with van der Waals surface area (Å²) in [6.07, 6.45) is -0.0107. The van der Waals surface area contributed by atoms with Crippen LogP contribution in [-0.4, -0.2) is 23.3 Å². The summed E-state index contributed by atoms with van der Waals surface area (Å²) in [6.45, 7) is 2.02. The maximum Gasteiger partial charge on any atom is 0.307 e. The number of halogens is 1. The molecule has 1 atom stereocenters. The third-order valence-electron chi connectivity index (χ3n) is 0.960. The number of carbonyl (C=O) groups excluding carboxylic acids is 2. The first kappa shape index (κ1) is 10.4. The van der Waals surface area contributed by atoms with E-state index < -0.39 is 16.7 Å². The van der Waals surface area contributed by atoms with Crippen LogP contribution in [0.5, 0.6) is 0 Å². The van der Waals surface area contributed by atoms with Gasteiger partial charge in [-0.05, 0) is 6.92 Å². The van der Waals surface area contributed by atoms with Crippen molar-refractivity contribution in [2.75, 3.05) is 6.61 Å². The lowest BCUT2D eigenvalue weighted by molar-refractivity contribution is -0.143. The molecular weight excluding hydrogens is 214 g/mol. The van der Waals surface area contributed by atoms with Crippen molar-refractivity contribution in [3.05, 3.63) is 0 Å². The summed E-state index contributed by atoms with van der Waals surface area (Å²) in [4.78, 5) is 20.5. The number of carbonyl (C=O) groups is 2. The van der Waals surface area contributed by atoms with E-state index in [-0.39, 0.29) is 6.42 Å². The highest BCUT2D eigenvalue weighted by Gasteiger charge is 2.15. The van der Waals surface area contributed by atoms with Crippen molar-refractivity contribution in [1.82, 2.24) is 0 Å². The first-order chi connectivity index (χ1) is 5.07. The molecule has 0 aliphatic carbocycles. The van der Waals surface area contributed by atoms with E-state index in [2.05, 4.69) is 20.7 Å². The second kappa shape index (κ2) is 5.12. The van der Waals surface area contributed by atoms with Gasteiger partial charge in [-0.25, -0.2) is 0 Å². The molecular formula is C6H10BrNO3. The maximum absolute atomic E-state index is 10.7. The topological polar surface area (TPSA) is 69.4 Å². The monoisotopic (exact) mass is 223 g/mol.